The van der Waals surface area contributed by atoms with Crippen molar-refractivity contribution in [2.75, 3.05) is 5.75 Å². The van der Waals surface area contributed by atoms with E-state index in [1.807, 2.05) is 24.5 Å². The van der Waals surface area contributed by atoms with Crippen LogP contribution in [0.5, 0.6) is 0 Å². The molecule has 0 N–H and O–H groups in total. The normalized spacial score (nSPS) is 9.67. The summed E-state index contributed by atoms with van der Waals surface area (Å²) < 4.78 is 0. The van der Waals surface area contributed by atoms with Gasteiger partial charge in [0.25, 0.3) is 0 Å². The van der Waals surface area contributed by atoms with Crippen LogP contribution >= 0.6 is 21.6 Å². The first-order valence-electron chi connectivity index (χ1n) is 3.49. The van der Waals surface area contributed by atoms with Crippen LogP contribution in [0.25, 0.3) is 0 Å². The summed E-state index contributed by atoms with van der Waals surface area (Å²) in [5, 5.41) is 0.980. The van der Waals surface area contributed by atoms with E-state index in [1.54, 1.807) is 27.8 Å². The van der Waals surface area contributed by atoms with Crippen molar-refractivity contribution < 1.29 is 4.79 Å². The predicted octanol–water partition coefficient (Wildman–Crippen LogP) is 2.32. The van der Waals surface area contributed by atoms with Crippen LogP contribution < -0.4 is 0 Å². The van der Waals surface area contributed by atoms with E-state index in [0.29, 0.717) is 6.42 Å². The van der Waals surface area contributed by atoms with Crippen LogP contribution in [0.2, 0.25) is 0 Å². The maximum atomic E-state index is 9.85. The third kappa shape index (κ3) is 3.78. The Morgan fingerprint density at radius 1 is 1.50 bits per heavy atom. The monoisotopic (exact) mass is 198 g/mol. The number of rotatable bonds is 5. The maximum absolute atomic E-state index is 9.85. The zero-order chi connectivity index (χ0) is 8.65. The van der Waals surface area contributed by atoms with Crippen LogP contribution in [-0.2, 0) is 4.79 Å². The van der Waals surface area contributed by atoms with Gasteiger partial charge in [0.1, 0.15) is 5.03 Å². The highest BCUT2D eigenvalue weighted by Gasteiger charge is 1.93. The number of carbonyl (C=O) groups excluding carboxylic acids is 1. The van der Waals surface area contributed by atoms with E-state index < -0.39 is 0 Å². The fraction of sp³-hybridized carbons (Fsp3) is 0.250. The molecular formula is C8H8NOS2. The largest absolute Gasteiger partial charge is 0.291 e. The highest BCUT2D eigenvalue weighted by atomic mass is 33.1. The molecule has 12 heavy (non-hydrogen) atoms. The van der Waals surface area contributed by atoms with Crippen LogP contribution in [0, 0.1) is 0 Å². The lowest BCUT2D eigenvalue weighted by atomic mass is 10.5. The van der Waals surface area contributed by atoms with Gasteiger partial charge in [-0.15, -0.1) is 0 Å². The third-order valence-corrected chi connectivity index (χ3v) is 3.34. The summed E-state index contributed by atoms with van der Waals surface area (Å²) in [7, 11) is 3.21. The second kappa shape index (κ2) is 6.08. The van der Waals surface area contributed by atoms with Crippen LogP contribution in [0.3, 0.4) is 0 Å². The van der Waals surface area contributed by atoms with Crippen molar-refractivity contribution in [2.24, 2.45) is 0 Å². The Labute approximate surface area is 79.6 Å². The van der Waals surface area contributed by atoms with E-state index in [1.165, 1.54) is 0 Å². The Morgan fingerprint density at radius 2 is 2.42 bits per heavy atom. The van der Waals surface area contributed by atoms with Gasteiger partial charge in [-0.2, -0.15) is 0 Å². The summed E-state index contributed by atoms with van der Waals surface area (Å²) >= 11 is 0. The Morgan fingerprint density at radius 3 is 3.08 bits per heavy atom. The van der Waals surface area contributed by atoms with Crippen molar-refractivity contribution >= 4 is 27.9 Å². The fourth-order valence-electron chi connectivity index (χ4n) is 0.582. The van der Waals surface area contributed by atoms with Crippen molar-refractivity contribution in [3.8, 4) is 0 Å². The first kappa shape index (κ1) is 9.61. The molecule has 1 aromatic rings. The first-order chi connectivity index (χ1) is 5.93. The zero-order valence-electron chi connectivity index (χ0n) is 6.40. The molecule has 0 saturated carbocycles. The second-order valence-electron chi connectivity index (χ2n) is 1.97. The predicted molar refractivity (Wildman–Crippen MR) is 52.9 cm³/mol. The molecule has 0 amide bonds. The smallest absolute Gasteiger partial charge is 0.199 e. The molecule has 0 fully saturated rings. The van der Waals surface area contributed by atoms with Crippen LogP contribution in [-0.4, -0.2) is 17.0 Å². The number of nitrogens with zero attached hydrogens (tertiary/aromatic N) is 1. The maximum Gasteiger partial charge on any atom is 0.199 e. The molecule has 0 spiro atoms. The summed E-state index contributed by atoms with van der Waals surface area (Å²) in [6.45, 7) is 0. The average Bonchev–Trinajstić information content (AvgIpc) is 2.14. The van der Waals surface area contributed by atoms with Crippen LogP contribution in [0.15, 0.2) is 29.4 Å². The molecule has 0 atom stereocenters. The molecule has 1 heterocycles. The lowest BCUT2D eigenvalue weighted by molar-refractivity contribution is 0.554. The molecule has 0 aromatic carbocycles. The quantitative estimate of drug-likeness (QED) is 0.536. The Bertz CT molecular complexity index is 228. The highest BCUT2D eigenvalue weighted by Crippen LogP contribution is 2.28. The summed E-state index contributed by atoms with van der Waals surface area (Å²) in [5.74, 6) is 0.796. The third-order valence-electron chi connectivity index (χ3n) is 1.07. The van der Waals surface area contributed by atoms with Gasteiger partial charge < -0.3 is 0 Å². The molecule has 1 rings (SSSR count). The van der Waals surface area contributed by atoms with E-state index >= 15 is 0 Å². The van der Waals surface area contributed by atoms with E-state index in [4.69, 9.17) is 0 Å². The highest BCUT2D eigenvalue weighted by molar-refractivity contribution is 8.76. The van der Waals surface area contributed by atoms with E-state index in [9.17, 15) is 4.79 Å². The van der Waals surface area contributed by atoms with Crippen LogP contribution in [0.4, 0.5) is 0 Å². The second-order valence-corrected chi connectivity index (χ2v) is 4.40. The Hall–Kier alpha value is -0.480. The molecule has 0 aliphatic carbocycles. The summed E-state index contributed by atoms with van der Waals surface area (Å²) in [6.07, 6.45) is 4.10. The topological polar surface area (TPSA) is 30.0 Å². The molecule has 0 aliphatic heterocycles. The van der Waals surface area contributed by atoms with Gasteiger partial charge in [-0.3, -0.25) is 4.79 Å². The van der Waals surface area contributed by atoms with Gasteiger partial charge in [0, 0.05) is 18.4 Å². The molecule has 4 heteroatoms. The van der Waals surface area contributed by atoms with Crippen molar-refractivity contribution in [1.82, 2.24) is 4.98 Å². The van der Waals surface area contributed by atoms with Gasteiger partial charge in [-0.1, -0.05) is 16.9 Å². The summed E-state index contributed by atoms with van der Waals surface area (Å²) in [6, 6.07) is 5.78. The molecule has 63 valence electrons. The average molecular weight is 198 g/mol. The van der Waals surface area contributed by atoms with Gasteiger partial charge in [0.05, 0.1) is 0 Å². The van der Waals surface area contributed by atoms with E-state index in [2.05, 4.69) is 4.98 Å². The molecule has 0 aliphatic rings. The summed E-state index contributed by atoms with van der Waals surface area (Å²) in [5.41, 5.74) is 0. The number of hydrogen-bond donors (Lipinski definition) is 0. The van der Waals surface area contributed by atoms with Gasteiger partial charge in [-0.05, 0) is 22.9 Å². The zero-order valence-corrected chi connectivity index (χ0v) is 8.03. The number of hydrogen-bond acceptors (Lipinski definition) is 4. The van der Waals surface area contributed by atoms with Gasteiger partial charge in [0.2, 0.25) is 0 Å². The summed E-state index contributed by atoms with van der Waals surface area (Å²) in [4.78, 5) is 14.0. The standard InChI is InChI=1S/C8H8NOS2/c10-6-3-7-11-12-8-4-1-2-5-9-8/h1-2,4-5H,3,7H2. The van der Waals surface area contributed by atoms with E-state index in [-0.39, 0.29) is 0 Å². The van der Waals surface area contributed by atoms with E-state index in [0.717, 1.165) is 10.8 Å². The molecule has 2 nitrogen and oxygen atoms in total. The minimum atomic E-state index is 0.491. The number of pyridine rings is 1. The molecule has 0 unspecified atom stereocenters. The van der Waals surface area contributed by atoms with Gasteiger partial charge in [-0.25, -0.2) is 4.98 Å². The van der Waals surface area contributed by atoms with Gasteiger partial charge >= 0.3 is 0 Å². The lowest BCUT2D eigenvalue weighted by Crippen LogP contribution is -1.78. The first-order valence-corrected chi connectivity index (χ1v) is 5.81. The van der Waals surface area contributed by atoms with Crippen molar-refractivity contribution in [2.45, 2.75) is 11.4 Å². The molecule has 0 bridgehead atoms. The minimum Gasteiger partial charge on any atom is -0.291 e. The Balaban J connectivity index is 2.20. The Kier molecular flexibility index (Phi) is 4.87. The minimum absolute atomic E-state index is 0.491. The molecule has 0 saturated heterocycles. The van der Waals surface area contributed by atoms with Crippen molar-refractivity contribution in [3.63, 3.8) is 0 Å². The SMILES string of the molecule is O=[C]CCSSc1ccccn1. The lowest BCUT2D eigenvalue weighted by Gasteiger charge is -1.95. The molecule has 1 aromatic heterocycles. The molecule has 1 radical (unpaired) electrons. The number of aromatic nitrogens is 1. The molecular weight excluding hydrogens is 190 g/mol. The van der Waals surface area contributed by atoms with Crippen molar-refractivity contribution in [1.29, 1.82) is 0 Å². The van der Waals surface area contributed by atoms with Crippen LogP contribution in [0.1, 0.15) is 6.42 Å². The van der Waals surface area contributed by atoms with Gasteiger partial charge in [0.15, 0.2) is 6.29 Å². The fourth-order valence-corrected chi connectivity index (χ4v) is 2.35. The van der Waals surface area contributed by atoms with Crippen molar-refractivity contribution in [3.05, 3.63) is 24.4 Å².